The summed E-state index contributed by atoms with van der Waals surface area (Å²) in [5.41, 5.74) is 3.71. The summed E-state index contributed by atoms with van der Waals surface area (Å²) in [4.78, 5) is 4.62. The van der Waals surface area contributed by atoms with Crippen LogP contribution in [0.25, 0.3) is 10.9 Å². The molecule has 1 aliphatic heterocycles. The fraction of sp³-hybridized carbons (Fsp3) is 0.526. The maximum absolute atomic E-state index is 4.62. The molecule has 1 aromatic carbocycles. The number of aromatic nitrogens is 1. The predicted octanol–water partition coefficient (Wildman–Crippen LogP) is 4.28. The van der Waals surface area contributed by atoms with Crippen molar-refractivity contribution in [2.45, 2.75) is 39.5 Å². The summed E-state index contributed by atoms with van der Waals surface area (Å²) in [5, 5.41) is 4.85. The molecule has 3 rings (SSSR count). The highest BCUT2D eigenvalue weighted by molar-refractivity contribution is 5.79. The second-order valence-corrected chi connectivity index (χ2v) is 6.89. The first kappa shape index (κ1) is 14.5. The van der Waals surface area contributed by atoms with E-state index in [4.69, 9.17) is 0 Å². The lowest BCUT2D eigenvalue weighted by Gasteiger charge is -2.34. The van der Waals surface area contributed by atoms with Crippen molar-refractivity contribution in [3.8, 4) is 0 Å². The van der Waals surface area contributed by atoms with Gasteiger partial charge in [-0.3, -0.25) is 4.98 Å². The number of hydrogen-bond acceptors (Lipinski definition) is 2. The molecule has 21 heavy (non-hydrogen) atoms. The molecule has 0 spiro atoms. The molecule has 0 saturated carbocycles. The van der Waals surface area contributed by atoms with E-state index in [-0.39, 0.29) is 0 Å². The molecule has 2 unspecified atom stereocenters. The first-order chi connectivity index (χ1) is 10.1. The molecule has 2 heteroatoms. The standard InChI is InChI=1S/C19H26N2/c1-13(2)10-17-12-20-9-8-18(17)15-6-7-19-16(11-15)5-4-14(3)21-19/h4-7,11,13,17-18,20H,8-10,12H2,1-3H3. The van der Waals surface area contributed by atoms with Crippen LogP contribution in [0, 0.1) is 18.8 Å². The van der Waals surface area contributed by atoms with Gasteiger partial charge in [0.15, 0.2) is 0 Å². The smallest absolute Gasteiger partial charge is 0.0705 e. The van der Waals surface area contributed by atoms with E-state index in [9.17, 15) is 0 Å². The summed E-state index contributed by atoms with van der Waals surface area (Å²) in [7, 11) is 0. The molecule has 0 bridgehead atoms. The number of fused-ring (bicyclic) bond motifs is 1. The molecular weight excluding hydrogens is 256 g/mol. The highest BCUT2D eigenvalue weighted by atomic mass is 14.9. The fourth-order valence-corrected chi connectivity index (χ4v) is 3.69. The zero-order chi connectivity index (χ0) is 14.8. The van der Waals surface area contributed by atoms with Gasteiger partial charge in [0.25, 0.3) is 0 Å². The molecule has 2 heterocycles. The van der Waals surface area contributed by atoms with Crippen LogP contribution in [0.5, 0.6) is 0 Å². The lowest BCUT2D eigenvalue weighted by molar-refractivity contribution is 0.280. The van der Waals surface area contributed by atoms with Gasteiger partial charge in [0.2, 0.25) is 0 Å². The molecule has 0 amide bonds. The molecule has 112 valence electrons. The van der Waals surface area contributed by atoms with E-state index in [0.29, 0.717) is 5.92 Å². The molecule has 1 saturated heterocycles. The van der Waals surface area contributed by atoms with E-state index in [1.54, 1.807) is 0 Å². The predicted molar refractivity (Wildman–Crippen MR) is 89.7 cm³/mol. The van der Waals surface area contributed by atoms with E-state index in [2.05, 4.69) is 61.4 Å². The Balaban J connectivity index is 1.91. The molecular formula is C19H26N2. The normalized spacial score (nSPS) is 22.9. The Morgan fingerprint density at radius 3 is 2.90 bits per heavy atom. The molecule has 1 N–H and O–H groups in total. The van der Waals surface area contributed by atoms with Crippen LogP contribution < -0.4 is 5.32 Å². The molecule has 2 atom stereocenters. The zero-order valence-electron chi connectivity index (χ0n) is 13.4. The third-order valence-electron chi connectivity index (χ3n) is 4.66. The van der Waals surface area contributed by atoms with Crippen LogP contribution in [0.1, 0.15) is 43.9 Å². The van der Waals surface area contributed by atoms with Crippen LogP contribution in [0.15, 0.2) is 30.3 Å². The van der Waals surface area contributed by atoms with Crippen molar-refractivity contribution >= 4 is 10.9 Å². The van der Waals surface area contributed by atoms with Crippen LogP contribution >= 0.6 is 0 Å². The van der Waals surface area contributed by atoms with Crippen molar-refractivity contribution in [3.63, 3.8) is 0 Å². The van der Waals surface area contributed by atoms with Gasteiger partial charge in [-0.2, -0.15) is 0 Å². The molecule has 0 aliphatic carbocycles. The van der Waals surface area contributed by atoms with Crippen molar-refractivity contribution in [3.05, 3.63) is 41.6 Å². The largest absolute Gasteiger partial charge is 0.316 e. The van der Waals surface area contributed by atoms with E-state index < -0.39 is 0 Å². The molecule has 1 aliphatic rings. The van der Waals surface area contributed by atoms with Gasteiger partial charge in [-0.05, 0) is 74.4 Å². The third-order valence-corrected chi connectivity index (χ3v) is 4.66. The number of aryl methyl sites for hydroxylation is 1. The number of nitrogens with zero attached hydrogens (tertiary/aromatic N) is 1. The number of hydrogen-bond donors (Lipinski definition) is 1. The maximum atomic E-state index is 4.62. The Hall–Kier alpha value is -1.41. The minimum absolute atomic E-state index is 0.694. The first-order valence-corrected chi connectivity index (χ1v) is 8.21. The number of pyridine rings is 1. The molecule has 2 aromatic rings. The second kappa shape index (κ2) is 6.15. The van der Waals surface area contributed by atoms with Crippen molar-refractivity contribution < 1.29 is 0 Å². The van der Waals surface area contributed by atoms with Gasteiger partial charge < -0.3 is 5.32 Å². The van der Waals surface area contributed by atoms with Gasteiger partial charge in [-0.15, -0.1) is 0 Å². The van der Waals surface area contributed by atoms with Crippen molar-refractivity contribution in [1.82, 2.24) is 10.3 Å². The van der Waals surface area contributed by atoms with Gasteiger partial charge in [0.1, 0.15) is 0 Å². The lowest BCUT2D eigenvalue weighted by atomic mass is 9.77. The van der Waals surface area contributed by atoms with Crippen molar-refractivity contribution in [2.75, 3.05) is 13.1 Å². The van der Waals surface area contributed by atoms with Crippen molar-refractivity contribution in [1.29, 1.82) is 0 Å². The van der Waals surface area contributed by atoms with E-state index in [1.165, 1.54) is 23.8 Å². The van der Waals surface area contributed by atoms with Gasteiger partial charge in [-0.1, -0.05) is 26.0 Å². The summed E-state index contributed by atoms with van der Waals surface area (Å²) in [5.74, 6) is 2.22. The quantitative estimate of drug-likeness (QED) is 0.908. The summed E-state index contributed by atoms with van der Waals surface area (Å²) in [6, 6.07) is 11.2. The summed E-state index contributed by atoms with van der Waals surface area (Å²) < 4.78 is 0. The van der Waals surface area contributed by atoms with Gasteiger partial charge in [-0.25, -0.2) is 0 Å². The van der Waals surface area contributed by atoms with Gasteiger partial charge in [0.05, 0.1) is 5.52 Å². The highest BCUT2D eigenvalue weighted by Gasteiger charge is 2.26. The van der Waals surface area contributed by atoms with Gasteiger partial charge >= 0.3 is 0 Å². The van der Waals surface area contributed by atoms with E-state index in [0.717, 1.165) is 36.1 Å². The molecule has 2 nitrogen and oxygen atoms in total. The Labute approximate surface area is 128 Å². The van der Waals surface area contributed by atoms with E-state index in [1.807, 2.05) is 0 Å². The minimum Gasteiger partial charge on any atom is -0.316 e. The van der Waals surface area contributed by atoms with Crippen LogP contribution in [0.3, 0.4) is 0 Å². The highest BCUT2D eigenvalue weighted by Crippen LogP contribution is 2.35. The number of piperidine rings is 1. The van der Waals surface area contributed by atoms with Crippen LogP contribution in [-0.2, 0) is 0 Å². The summed E-state index contributed by atoms with van der Waals surface area (Å²) in [6.07, 6.45) is 2.56. The van der Waals surface area contributed by atoms with Crippen LogP contribution in [0.4, 0.5) is 0 Å². The minimum atomic E-state index is 0.694. The number of nitrogens with one attached hydrogen (secondary N) is 1. The van der Waals surface area contributed by atoms with Crippen LogP contribution in [-0.4, -0.2) is 18.1 Å². The topological polar surface area (TPSA) is 24.9 Å². The lowest BCUT2D eigenvalue weighted by Crippen LogP contribution is -2.36. The Bertz CT molecular complexity index is 618. The average Bonchev–Trinajstić information content (AvgIpc) is 2.47. The third kappa shape index (κ3) is 3.26. The van der Waals surface area contributed by atoms with Crippen molar-refractivity contribution in [2.24, 2.45) is 11.8 Å². The molecule has 0 radical (unpaired) electrons. The first-order valence-electron chi connectivity index (χ1n) is 8.21. The second-order valence-electron chi connectivity index (χ2n) is 6.89. The summed E-state index contributed by atoms with van der Waals surface area (Å²) in [6.45, 7) is 9.02. The molecule has 1 aromatic heterocycles. The Morgan fingerprint density at radius 2 is 2.10 bits per heavy atom. The van der Waals surface area contributed by atoms with E-state index >= 15 is 0 Å². The number of rotatable bonds is 3. The summed E-state index contributed by atoms with van der Waals surface area (Å²) >= 11 is 0. The SMILES string of the molecule is Cc1ccc2cc(C3CCNCC3CC(C)C)ccc2n1. The van der Waals surface area contributed by atoms with Crippen LogP contribution in [0.2, 0.25) is 0 Å². The maximum Gasteiger partial charge on any atom is 0.0705 e. The van der Waals surface area contributed by atoms with Gasteiger partial charge in [0, 0.05) is 11.1 Å². The average molecular weight is 282 g/mol. The Morgan fingerprint density at radius 1 is 1.24 bits per heavy atom. The Kier molecular flexibility index (Phi) is 4.25. The number of benzene rings is 1. The fourth-order valence-electron chi connectivity index (χ4n) is 3.69. The molecule has 1 fully saturated rings. The zero-order valence-corrected chi connectivity index (χ0v) is 13.4. The monoisotopic (exact) mass is 282 g/mol.